The molecule has 7 heteroatoms. The van der Waals surface area contributed by atoms with Crippen LogP contribution in [-0.2, 0) is 14.8 Å². The zero-order chi connectivity index (χ0) is 18.3. The Bertz CT molecular complexity index is 680. The highest BCUT2D eigenvalue weighted by atomic mass is 32.2. The number of sulfonamides is 1. The van der Waals surface area contributed by atoms with Crippen LogP contribution in [0.4, 0.5) is 0 Å². The van der Waals surface area contributed by atoms with Crippen LogP contribution < -0.4 is 4.72 Å². The van der Waals surface area contributed by atoms with Gasteiger partial charge in [-0.2, -0.15) is 0 Å². The number of hydrogen-bond acceptors (Lipinski definition) is 4. The molecule has 0 radical (unpaired) electrons. The number of amides is 1. The Balaban J connectivity index is 1.92. The molecule has 1 aromatic carbocycles. The second kappa shape index (κ2) is 9.12. The molecule has 2 rings (SSSR count). The second-order valence-corrected chi connectivity index (χ2v) is 7.94. The van der Waals surface area contributed by atoms with Gasteiger partial charge in [-0.15, -0.1) is 6.58 Å². The molecular weight excluding hydrogens is 340 g/mol. The molecule has 138 valence electrons. The molecule has 1 saturated heterocycles. The molecule has 25 heavy (non-hydrogen) atoms. The summed E-state index contributed by atoms with van der Waals surface area (Å²) in [5.41, 5.74) is 0.443. The molecule has 1 aliphatic heterocycles. The van der Waals surface area contributed by atoms with E-state index in [1.165, 1.54) is 29.2 Å². The zero-order valence-electron chi connectivity index (χ0n) is 14.6. The normalized spacial score (nSPS) is 17.9. The van der Waals surface area contributed by atoms with Gasteiger partial charge < -0.3 is 9.64 Å². The monoisotopic (exact) mass is 366 g/mol. The average molecular weight is 366 g/mol. The molecule has 1 heterocycles. The van der Waals surface area contributed by atoms with Crippen LogP contribution in [0.25, 0.3) is 0 Å². The lowest BCUT2D eigenvalue weighted by Crippen LogP contribution is -2.29. The lowest BCUT2D eigenvalue weighted by molar-refractivity contribution is 0.0123. The molecule has 0 saturated carbocycles. The molecule has 1 atom stereocenters. The molecule has 0 bridgehead atoms. The van der Waals surface area contributed by atoms with Crippen LogP contribution in [0.15, 0.2) is 41.8 Å². The standard InChI is InChI=1S/C18H26N2O4S/c1-3-13-20(2)18(21)15-7-9-17(10-8-15)25(22,23)19-12-11-16-6-4-5-14-24-16/h3,7-10,16,19H,1,4-6,11-14H2,2H3/t16-/m0/s1. The van der Waals surface area contributed by atoms with Gasteiger partial charge in [-0.3, -0.25) is 4.79 Å². The van der Waals surface area contributed by atoms with E-state index in [0.717, 1.165) is 25.9 Å². The van der Waals surface area contributed by atoms with E-state index in [1.807, 2.05) is 0 Å². The van der Waals surface area contributed by atoms with Crippen molar-refractivity contribution < 1.29 is 17.9 Å². The molecule has 0 unspecified atom stereocenters. The molecule has 1 aliphatic rings. The number of carbonyl (C=O) groups excluding carboxylic acids is 1. The topological polar surface area (TPSA) is 75.7 Å². The van der Waals surface area contributed by atoms with Gasteiger partial charge in [0.1, 0.15) is 0 Å². The number of nitrogens with zero attached hydrogens (tertiary/aromatic N) is 1. The van der Waals surface area contributed by atoms with Gasteiger partial charge in [-0.25, -0.2) is 13.1 Å². The van der Waals surface area contributed by atoms with Gasteiger partial charge in [0, 0.05) is 32.3 Å². The fraction of sp³-hybridized carbons (Fsp3) is 0.500. The van der Waals surface area contributed by atoms with Crippen molar-refractivity contribution in [3.8, 4) is 0 Å². The third-order valence-corrected chi connectivity index (χ3v) is 5.67. The Hall–Kier alpha value is -1.70. The Morgan fingerprint density at radius 3 is 2.68 bits per heavy atom. The third kappa shape index (κ3) is 5.66. The van der Waals surface area contributed by atoms with Crippen LogP contribution >= 0.6 is 0 Å². The van der Waals surface area contributed by atoms with E-state index in [-0.39, 0.29) is 16.9 Å². The number of nitrogens with one attached hydrogen (secondary N) is 1. The molecule has 1 aromatic rings. The summed E-state index contributed by atoms with van der Waals surface area (Å²) in [4.78, 5) is 13.8. The van der Waals surface area contributed by atoms with Crippen LogP contribution in [0.1, 0.15) is 36.0 Å². The first kappa shape index (κ1) is 19.6. The van der Waals surface area contributed by atoms with Gasteiger partial charge in [0.05, 0.1) is 11.0 Å². The Morgan fingerprint density at radius 2 is 2.08 bits per heavy atom. The van der Waals surface area contributed by atoms with Crippen LogP contribution in [0, 0.1) is 0 Å². The first-order valence-corrected chi connectivity index (χ1v) is 10.00. The van der Waals surface area contributed by atoms with Crippen molar-refractivity contribution in [3.63, 3.8) is 0 Å². The average Bonchev–Trinajstić information content (AvgIpc) is 2.62. The molecule has 1 N–H and O–H groups in total. The highest BCUT2D eigenvalue weighted by molar-refractivity contribution is 7.89. The summed E-state index contributed by atoms with van der Waals surface area (Å²) in [5.74, 6) is -0.175. The largest absolute Gasteiger partial charge is 0.378 e. The van der Waals surface area contributed by atoms with Gasteiger partial charge in [0.25, 0.3) is 5.91 Å². The summed E-state index contributed by atoms with van der Waals surface area (Å²) in [6.45, 7) is 5.13. The van der Waals surface area contributed by atoms with Crippen molar-refractivity contribution >= 4 is 15.9 Å². The molecule has 1 fully saturated rings. The van der Waals surface area contributed by atoms with E-state index in [4.69, 9.17) is 4.74 Å². The lowest BCUT2D eigenvalue weighted by Gasteiger charge is -2.22. The SMILES string of the molecule is C=CCN(C)C(=O)c1ccc(S(=O)(=O)NCC[C@@H]2CCCCO2)cc1. The number of ether oxygens (including phenoxy) is 1. The molecule has 0 spiro atoms. The number of carbonyl (C=O) groups is 1. The number of benzene rings is 1. The van der Waals surface area contributed by atoms with Crippen molar-refractivity contribution in [3.05, 3.63) is 42.5 Å². The lowest BCUT2D eigenvalue weighted by atomic mass is 10.1. The maximum atomic E-state index is 12.3. The van der Waals surface area contributed by atoms with Crippen molar-refractivity contribution in [1.29, 1.82) is 0 Å². The quantitative estimate of drug-likeness (QED) is 0.716. The first-order chi connectivity index (χ1) is 11.9. The minimum atomic E-state index is -3.58. The van der Waals surface area contributed by atoms with Gasteiger partial charge in [-0.05, 0) is 49.9 Å². The van der Waals surface area contributed by atoms with Crippen molar-refractivity contribution in [2.75, 3.05) is 26.7 Å². The summed E-state index contributed by atoms with van der Waals surface area (Å²) in [5, 5.41) is 0. The highest BCUT2D eigenvalue weighted by Gasteiger charge is 2.18. The van der Waals surface area contributed by atoms with E-state index in [2.05, 4.69) is 11.3 Å². The predicted molar refractivity (Wildman–Crippen MR) is 97.0 cm³/mol. The smallest absolute Gasteiger partial charge is 0.253 e. The van der Waals surface area contributed by atoms with Crippen LogP contribution in [0.2, 0.25) is 0 Å². The molecule has 0 aromatic heterocycles. The molecule has 0 aliphatic carbocycles. The first-order valence-electron chi connectivity index (χ1n) is 8.52. The van der Waals surface area contributed by atoms with Gasteiger partial charge in [0.15, 0.2) is 0 Å². The third-order valence-electron chi connectivity index (χ3n) is 4.19. The minimum Gasteiger partial charge on any atom is -0.378 e. The fourth-order valence-corrected chi connectivity index (χ4v) is 3.79. The van der Waals surface area contributed by atoms with E-state index in [1.54, 1.807) is 13.1 Å². The van der Waals surface area contributed by atoms with Gasteiger partial charge in [-0.1, -0.05) is 6.08 Å². The molecule has 6 nitrogen and oxygen atoms in total. The van der Waals surface area contributed by atoms with Crippen LogP contribution in [0.3, 0.4) is 0 Å². The van der Waals surface area contributed by atoms with Crippen LogP contribution in [0.5, 0.6) is 0 Å². The van der Waals surface area contributed by atoms with Crippen LogP contribution in [-0.4, -0.2) is 52.1 Å². The van der Waals surface area contributed by atoms with Crippen molar-refractivity contribution in [1.82, 2.24) is 9.62 Å². The zero-order valence-corrected chi connectivity index (χ0v) is 15.4. The van der Waals surface area contributed by atoms with E-state index < -0.39 is 10.0 Å². The highest BCUT2D eigenvalue weighted by Crippen LogP contribution is 2.16. The summed E-state index contributed by atoms with van der Waals surface area (Å²) < 4.78 is 32.9. The fourth-order valence-electron chi connectivity index (χ4n) is 2.75. The van der Waals surface area contributed by atoms with E-state index in [9.17, 15) is 13.2 Å². The van der Waals surface area contributed by atoms with Gasteiger partial charge >= 0.3 is 0 Å². The summed E-state index contributed by atoms with van der Waals surface area (Å²) in [6, 6.07) is 5.96. The van der Waals surface area contributed by atoms with Crippen molar-refractivity contribution in [2.45, 2.75) is 36.7 Å². The molecule has 1 amide bonds. The Kier molecular flexibility index (Phi) is 7.16. The Labute approximate surface area is 149 Å². The Morgan fingerprint density at radius 1 is 1.36 bits per heavy atom. The van der Waals surface area contributed by atoms with E-state index >= 15 is 0 Å². The maximum absolute atomic E-state index is 12.3. The summed E-state index contributed by atoms with van der Waals surface area (Å²) >= 11 is 0. The number of likely N-dealkylation sites (N-methyl/N-ethyl adjacent to an activating group) is 1. The minimum absolute atomic E-state index is 0.136. The van der Waals surface area contributed by atoms with Crippen molar-refractivity contribution in [2.24, 2.45) is 0 Å². The predicted octanol–water partition coefficient (Wildman–Crippen LogP) is 2.18. The maximum Gasteiger partial charge on any atom is 0.253 e. The van der Waals surface area contributed by atoms with Gasteiger partial charge in [0.2, 0.25) is 10.0 Å². The summed E-state index contributed by atoms with van der Waals surface area (Å²) in [6.07, 6.45) is 5.63. The number of rotatable bonds is 8. The molecular formula is C18H26N2O4S. The number of hydrogen-bond donors (Lipinski definition) is 1. The second-order valence-electron chi connectivity index (χ2n) is 6.17. The van der Waals surface area contributed by atoms with E-state index in [0.29, 0.717) is 25.1 Å². The summed E-state index contributed by atoms with van der Waals surface area (Å²) in [7, 11) is -1.91.